The zero-order valence-corrected chi connectivity index (χ0v) is 15.6. The van der Waals surface area contributed by atoms with E-state index in [1.807, 2.05) is 45.2 Å². The van der Waals surface area contributed by atoms with Gasteiger partial charge in [-0.15, -0.1) is 0 Å². The average molecular weight is 371 g/mol. The minimum atomic E-state index is -0.749. The first-order valence-corrected chi connectivity index (χ1v) is 8.88. The van der Waals surface area contributed by atoms with Crippen LogP contribution >= 0.6 is 0 Å². The Morgan fingerprint density at radius 3 is 2.33 bits per heavy atom. The molecule has 9 nitrogen and oxygen atoms in total. The van der Waals surface area contributed by atoms with Gasteiger partial charge in [0, 0.05) is 12.1 Å². The van der Waals surface area contributed by atoms with Crippen LogP contribution in [0.25, 0.3) is 5.69 Å². The van der Waals surface area contributed by atoms with Crippen LogP contribution in [0, 0.1) is 0 Å². The molecule has 2 atom stereocenters. The Hall–Kier alpha value is -3.07. The standard InChI is InChI=1S/C18H22N6O3/c1-4-9-22-16(25)17(26)23(18(22)27)12-21(3)13(2)14-5-7-15(8-6-14)24-11-19-10-20-24/h5-8,10-11,13H,4,9,12H2,1-3H3/p+1/t13-/m0/s1. The van der Waals surface area contributed by atoms with Crippen LogP contribution in [0.5, 0.6) is 0 Å². The fourth-order valence-electron chi connectivity index (χ4n) is 3.04. The van der Waals surface area contributed by atoms with Gasteiger partial charge in [-0.05, 0) is 25.5 Å². The molecular weight excluding hydrogens is 348 g/mol. The number of quaternary nitrogens is 1. The van der Waals surface area contributed by atoms with Gasteiger partial charge in [0.2, 0.25) is 0 Å². The van der Waals surface area contributed by atoms with Gasteiger partial charge in [-0.2, -0.15) is 5.10 Å². The zero-order chi connectivity index (χ0) is 19.6. The number of imide groups is 2. The summed E-state index contributed by atoms with van der Waals surface area (Å²) in [6.45, 7) is 4.26. The van der Waals surface area contributed by atoms with E-state index in [0.29, 0.717) is 6.42 Å². The number of aromatic nitrogens is 3. The number of nitrogens with zero attached hydrogens (tertiary/aromatic N) is 5. The smallest absolute Gasteiger partial charge is 0.314 e. The number of urea groups is 1. The van der Waals surface area contributed by atoms with Gasteiger partial charge in [0.1, 0.15) is 18.7 Å². The highest BCUT2D eigenvalue weighted by Gasteiger charge is 2.45. The second-order valence-electron chi connectivity index (χ2n) is 6.63. The normalized spacial score (nSPS) is 16.9. The Bertz CT molecular complexity index is 833. The van der Waals surface area contributed by atoms with Crippen molar-refractivity contribution in [3.63, 3.8) is 0 Å². The van der Waals surface area contributed by atoms with Crippen LogP contribution in [0.4, 0.5) is 4.79 Å². The van der Waals surface area contributed by atoms with Crippen molar-refractivity contribution >= 4 is 17.8 Å². The summed E-state index contributed by atoms with van der Waals surface area (Å²) in [4.78, 5) is 43.4. The third-order valence-electron chi connectivity index (χ3n) is 4.81. The number of rotatable bonds is 7. The molecule has 0 spiro atoms. The highest BCUT2D eigenvalue weighted by Crippen LogP contribution is 2.14. The Balaban J connectivity index is 1.68. The molecule has 0 saturated carbocycles. The second kappa shape index (κ2) is 7.67. The summed E-state index contributed by atoms with van der Waals surface area (Å²) in [6, 6.07) is 7.32. The van der Waals surface area contributed by atoms with E-state index in [4.69, 9.17) is 0 Å². The maximum absolute atomic E-state index is 12.4. The van der Waals surface area contributed by atoms with Crippen LogP contribution in [-0.2, 0) is 9.59 Å². The van der Waals surface area contributed by atoms with Gasteiger partial charge in [-0.1, -0.05) is 19.1 Å². The molecule has 1 unspecified atom stereocenters. The molecule has 9 heteroatoms. The van der Waals surface area contributed by atoms with Gasteiger partial charge >= 0.3 is 17.8 Å². The maximum Gasteiger partial charge on any atom is 0.338 e. The summed E-state index contributed by atoms with van der Waals surface area (Å²) >= 11 is 0. The predicted molar refractivity (Wildman–Crippen MR) is 95.8 cm³/mol. The number of hydrogen-bond acceptors (Lipinski definition) is 5. The highest BCUT2D eigenvalue weighted by atomic mass is 16.2. The minimum Gasteiger partial charge on any atom is -0.314 e. The van der Waals surface area contributed by atoms with Crippen LogP contribution in [-0.4, -0.2) is 62.7 Å². The molecule has 1 aromatic heterocycles. The molecule has 142 valence electrons. The number of nitrogens with one attached hydrogen (secondary N) is 1. The Morgan fingerprint density at radius 2 is 1.74 bits per heavy atom. The van der Waals surface area contributed by atoms with Crippen LogP contribution in [0.3, 0.4) is 0 Å². The minimum absolute atomic E-state index is 0.0192. The lowest BCUT2D eigenvalue weighted by atomic mass is 10.1. The number of hydrogen-bond donors (Lipinski definition) is 1. The van der Waals surface area contributed by atoms with Crippen molar-refractivity contribution in [1.82, 2.24) is 24.6 Å². The quantitative estimate of drug-likeness (QED) is 0.546. The Labute approximate surface area is 157 Å². The summed E-state index contributed by atoms with van der Waals surface area (Å²) in [7, 11) is 1.89. The molecule has 0 bridgehead atoms. The second-order valence-corrected chi connectivity index (χ2v) is 6.63. The van der Waals surface area contributed by atoms with Crippen molar-refractivity contribution in [3.8, 4) is 5.69 Å². The Morgan fingerprint density at radius 1 is 1.07 bits per heavy atom. The molecule has 3 rings (SSSR count). The van der Waals surface area contributed by atoms with E-state index in [1.54, 1.807) is 11.0 Å². The lowest BCUT2D eigenvalue weighted by Gasteiger charge is -2.25. The summed E-state index contributed by atoms with van der Waals surface area (Å²) in [5, 5.41) is 4.09. The van der Waals surface area contributed by atoms with E-state index in [0.717, 1.165) is 26.0 Å². The van der Waals surface area contributed by atoms with Crippen molar-refractivity contribution in [1.29, 1.82) is 0 Å². The van der Waals surface area contributed by atoms with E-state index >= 15 is 0 Å². The molecule has 2 heterocycles. The highest BCUT2D eigenvalue weighted by molar-refractivity contribution is 6.44. The van der Waals surface area contributed by atoms with E-state index in [2.05, 4.69) is 10.1 Å². The van der Waals surface area contributed by atoms with Crippen molar-refractivity contribution in [2.24, 2.45) is 0 Å². The molecule has 1 aliphatic rings. The molecule has 4 amide bonds. The van der Waals surface area contributed by atoms with Gasteiger partial charge in [-0.3, -0.25) is 14.5 Å². The average Bonchev–Trinajstić information content (AvgIpc) is 3.28. The van der Waals surface area contributed by atoms with E-state index in [1.165, 1.54) is 6.33 Å². The van der Waals surface area contributed by atoms with Crippen LogP contribution in [0.1, 0.15) is 31.9 Å². The van der Waals surface area contributed by atoms with E-state index < -0.39 is 17.8 Å². The molecule has 0 aliphatic carbocycles. The number of carbonyl (C=O) groups is 3. The van der Waals surface area contributed by atoms with Gasteiger partial charge in [0.15, 0.2) is 6.67 Å². The zero-order valence-electron chi connectivity index (χ0n) is 15.6. The first-order chi connectivity index (χ1) is 12.9. The van der Waals surface area contributed by atoms with E-state index in [-0.39, 0.29) is 19.3 Å². The molecule has 1 aliphatic heterocycles. The number of amides is 4. The summed E-state index contributed by atoms with van der Waals surface area (Å²) in [6.07, 6.45) is 3.72. The van der Waals surface area contributed by atoms with Gasteiger partial charge in [0.05, 0.1) is 12.7 Å². The fourth-order valence-corrected chi connectivity index (χ4v) is 3.04. The summed E-state index contributed by atoms with van der Waals surface area (Å²) < 4.78 is 1.67. The van der Waals surface area contributed by atoms with Crippen molar-refractivity contribution in [3.05, 3.63) is 42.5 Å². The van der Waals surface area contributed by atoms with Gasteiger partial charge in [-0.25, -0.2) is 19.4 Å². The molecule has 2 aromatic rings. The molecule has 1 fully saturated rings. The summed E-state index contributed by atoms with van der Waals surface area (Å²) in [5.41, 5.74) is 1.94. The summed E-state index contributed by atoms with van der Waals surface area (Å²) in [5.74, 6) is -1.49. The van der Waals surface area contributed by atoms with Gasteiger partial charge in [0.25, 0.3) is 0 Å². The third kappa shape index (κ3) is 3.59. The van der Waals surface area contributed by atoms with E-state index in [9.17, 15) is 14.4 Å². The van der Waals surface area contributed by atoms with Crippen LogP contribution in [0.2, 0.25) is 0 Å². The Kier molecular flexibility index (Phi) is 5.31. The molecule has 1 aromatic carbocycles. The third-order valence-corrected chi connectivity index (χ3v) is 4.81. The maximum atomic E-state index is 12.4. The fraction of sp³-hybridized carbons (Fsp3) is 0.389. The molecule has 27 heavy (non-hydrogen) atoms. The number of carbonyl (C=O) groups excluding carboxylic acids is 3. The van der Waals surface area contributed by atoms with Gasteiger partial charge < -0.3 is 4.90 Å². The van der Waals surface area contributed by atoms with Crippen LogP contribution in [0.15, 0.2) is 36.9 Å². The topological polar surface area (TPSA) is 92.8 Å². The largest absolute Gasteiger partial charge is 0.338 e. The van der Waals surface area contributed by atoms with Crippen molar-refractivity contribution in [2.75, 3.05) is 20.3 Å². The molecular formula is C18H23N6O3+. The van der Waals surface area contributed by atoms with Crippen LogP contribution < -0.4 is 4.90 Å². The van der Waals surface area contributed by atoms with Crippen molar-refractivity contribution < 1.29 is 19.3 Å². The van der Waals surface area contributed by atoms with Crippen molar-refractivity contribution in [2.45, 2.75) is 26.3 Å². The first-order valence-electron chi connectivity index (χ1n) is 8.88. The lowest BCUT2D eigenvalue weighted by Crippen LogP contribution is -3.10. The lowest BCUT2D eigenvalue weighted by molar-refractivity contribution is -0.917. The predicted octanol–water partition coefficient (Wildman–Crippen LogP) is 0.00130. The number of benzene rings is 1. The molecule has 0 radical (unpaired) electrons. The first kappa shape index (κ1) is 18.7. The molecule has 1 N–H and O–H groups in total. The molecule has 1 saturated heterocycles. The monoisotopic (exact) mass is 371 g/mol. The SMILES string of the molecule is CCCN1C(=O)C(=O)N(C[NH+](C)[C@@H](C)c2ccc(-n3cncn3)cc2)C1=O.